The highest BCUT2D eigenvalue weighted by Gasteiger charge is 2.38. The number of nitrogens with zero attached hydrogens (tertiary/aromatic N) is 1. The lowest BCUT2D eigenvalue weighted by molar-refractivity contribution is -0.150. The Balaban J connectivity index is 1.91. The first kappa shape index (κ1) is 16.1. The fourth-order valence-corrected chi connectivity index (χ4v) is 2.23. The number of carboxylic acid groups (broad SMARTS) is 1. The summed E-state index contributed by atoms with van der Waals surface area (Å²) in [6.07, 6.45) is 1.71. The van der Waals surface area contributed by atoms with Crippen LogP contribution in [0.2, 0.25) is 0 Å². The summed E-state index contributed by atoms with van der Waals surface area (Å²) in [7, 11) is 0. The maximum absolute atomic E-state index is 12.2. The molecule has 0 spiro atoms. The number of hydrogen-bond acceptors (Lipinski definition) is 4. The standard InChI is InChI=1S/C16H21NO5/c1-3-21-13-6-8-14(9-7-13)22-10-15(18)17(12-4-5-12)11(2)16(19)20/h6-9,11-12H,3-5,10H2,1-2H3,(H,19,20). The van der Waals surface area contributed by atoms with Crippen LogP contribution in [0.1, 0.15) is 26.7 Å². The van der Waals surface area contributed by atoms with Crippen molar-refractivity contribution in [2.45, 2.75) is 38.8 Å². The van der Waals surface area contributed by atoms with Gasteiger partial charge in [0.2, 0.25) is 0 Å². The number of ether oxygens (including phenoxy) is 2. The van der Waals surface area contributed by atoms with Crippen molar-refractivity contribution in [3.05, 3.63) is 24.3 Å². The summed E-state index contributed by atoms with van der Waals surface area (Å²) in [5.41, 5.74) is 0. The van der Waals surface area contributed by atoms with Gasteiger partial charge in [0.25, 0.3) is 5.91 Å². The molecule has 0 aliphatic heterocycles. The van der Waals surface area contributed by atoms with Crippen LogP contribution < -0.4 is 9.47 Å². The highest BCUT2D eigenvalue weighted by molar-refractivity contribution is 5.84. The summed E-state index contributed by atoms with van der Waals surface area (Å²) < 4.78 is 10.8. The second-order valence-electron chi connectivity index (χ2n) is 5.24. The van der Waals surface area contributed by atoms with Crippen molar-refractivity contribution in [1.82, 2.24) is 4.90 Å². The summed E-state index contributed by atoms with van der Waals surface area (Å²) in [5, 5.41) is 9.10. The third kappa shape index (κ3) is 4.13. The second kappa shape index (κ2) is 7.15. The number of carbonyl (C=O) groups is 2. The van der Waals surface area contributed by atoms with Gasteiger partial charge in [0.05, 0.1) is 6.61 Å². The maximum atomic E-state index is 12.2. The van der Waals surface area contributed by atoms with Gasteiger partial charge in [-0.3, -0.25) is 4.79 Å². The molecule has 6 nitrogen and oxygen atoms in total. The van der Waals surface area contributed by atoms with Crippen LogP contribution in [0.3, 0.4) is 0 Å². The smallest absolute Gasteiger partial charge is 0.326 e. The molecule has 120 valence electrons. The first-order valence-corrected chi connectivity index (χ1v) is 7.42. The molecule has 22 heavy (non-hydrogen) atoms. The highest BCUT2D eigenvalue weighted by atomic mass is 16.5. The molecular weight excluding hydrogens is 286 g/mol. The molecular formula is C16H21NO5. The van der Waals surface area contributed by atoms with Crippen LogP contribution in [0, 0.1) is 0 Å². The number of rotatable bonds is 8. The van der Waals surface area contributed by atoms with E-state index in [0.717, 1.165) is 18.6 Å². The Kier molecular flexibility index (Phi) is 5.25. The van der Waals surface area contributed by atoms with Crippen molar-refractivity contribution in [2.24, 2.45) is 0 Å². The SMILES string of the molecule is CCOc1ccc(OCC(=O)N(C2CC2)C(C)C(=O)O)cc1. The van der Waals surface area contributed by atoms with Crippen LogP contribution in [0.4, 0.5) is 0 Å². The fraction of sp³-hybridized carbons (Fsp3) is 0.500. The van der Waals surface area contributed by atoms with Crippen LogP contribution in [-0.4, -0.2) is 47.2 Å². The molecule has 1 fully saturated rings. The lowest BCUT2D eigenvalue weighted by Gasteiger charge is -2.26. The van der Waals surface area contributed by atoms with Gasteiger partial charge in [-0.2, -0.15) is 0 Å². The molecule has 1 amide bonds. The minimum absolute atomic E-state index is 0.0301. The van der Waals surface area contributed by atoms with E-state index in [1.54, 1.807) is 24.3 Å². The van der Waals surface area contributed by atoms with Gasteiger partial charge in [0, 0.05) is 6.04 Å². The monoisotopic (exact) mass is 307 g/mol. The Hall–Kier alpha value is -2.24. The second-order valence-corrected chi connectivity index (χ2v) is 5.24. The zero-order valence-corrected chi connectivity index (χ0v) is 12.8. The van der Waals surface area contributed by atoms with E-state index in [0.29, 0.717) is 12.4 Å². The van der Waals surface area contributed by atoms with Crippen molar-refractivity contribution in [1.29, 1.82) is 0 Å². The zero-order chi connectivity index (χ0) is 16.1. The third-order valence-corrected chi connectivity index (χ3v) is 3.50. The summed E-state index contributed by atoms with van der Waals surface area (Å²) >= 11 is 0. The molecule has 1 saturated carbocycles. The summed E-state index contributed by atoms with van der Waals surface area (Å²) in [5.74, 6) is -0.0107. The Morgan fingerprint density at radius 1 is 1.23 bits per heavy atom. The van der Waals surface area contributed by atoms with E-state index >= 15 is 0 Å². The summed E-state index contributed by atoms with van der Waals surface area (Å²) in [6.45, 7) is 3.85. The van der Waals surface area contributed by atoms with Gasteiger partial charge >= 0.3 is 5.97 Å². The number of carbonyl (C=O) groups excluding carboxylic acids is 1. The molecule has 1 aromatic rings. The van der Waals surface area contributed by atoms with Crippen molar-refractivity contribution >= 4 is 11.9 Å². The number of amides is 1. The first-order valence-electron chi connectivity index (χ1n) is 7.42. The number of carboxylic acids is 1. The maximum Gasteiger partial charge on any atom is 0.326 e. The van der Waals surface area contributed by atoms with Gasteiger partial charge < -0.3 is 19.5 Å². The average Bonchev–Trinajstić information content (AvgIpc) is 3.31. The van der Waals surface area contributed by atoms with Crippen molar-refractivity contribution in [2.75, 3.05) is 13.2 Å². The van der Waals surface area contributed by atoms with Crippen LogP contribution in [0.25, 0.3) is 0 Å². The lowest BCUT2D eigenvalue weighted by atomic mass is 10.2. The van der Waals surface area contributed by atoms with Crippen LogP contribution in [-0.2, 0) is 9.59 Å². The molecule has 6 heteroatoms. The molecule has 0 heterocycles. The van der Waals surface area contributed by atoms with E-state index in [4.69, 9.17) is 14.6 Å². The van der Waals surface area contributed by atoms with E-state index in [9.17, 15) is 9.59 Å². The molecule has 1 unspecified atom stereocenters. The van der Waals surface area contributed by atoms with E-state index in [1.165, 1.54) is 11.8 Å². The topological polar surface area (TPSA) is 76.1 Å². The Bertz CT molecular complexity index is 524. The van der Waals surface area contributed by atoms with Gasteiger partial charge in [-0.25, -0.2) is 4.79 Å². The highest BCUT2D eigenvalue weighted by Crippen LogP contribution is 2.29. The molecule has 2 rings (SSSR count). The number of benzene rings is 1. The van der Waals surface area contributed by atoms with E-state index in [2.05, 4.69) is 0 Å². The van der Waals surface area contributed by atoms with Gasteiger partial charge in [-0.1, -0.05) is 0 Å². The van der Waals surface area contributed by atoms with E-state index in [-0.39, 0.29) is 18.6 Å². The van der Waals surface area contributed by atoms with Crippen molar-refractivity contribution in [3.8, 4) is 11.5 Å². The molecule has 1 aromatic carbocycles. The Morgan fingerprint density at radius 2 is 1.77 bits per heavy atom. The van der Waals surface area contributed by atoms with Gasteiger partial charge in [-0.15, -0.1) is 0 Å². The predicted octanol–water partition coefficient (Wildman–Crippen LogP) is 1.93. The minimum Gasteiger partial charge on any atom is -0.494 e. The molecule has 0 bridgehead atoms. The molecule has 1 atom stereocenters. The third-order valence-electron chi connectivity index (χ3n) is 3.50. The molecule has 0 radical (unpaired) electrons. The molecule has 1 N–H and O–H groups in total. The van der Waals surface area contributed by atoms with Crippen LogP contribution in [0.15, 0.2) is 24.3 Å². The Labute approximate surface area is 129 Å². The summed E-state index contributed by atoms with van der Waals surface area (Å²) in [4.78, 5) is 24.7. The van der Waals surface area contributed by atoms with Crippen LogP contribution in [0.5, 0.6) is 11.5 Å². The van der Waals surface area contributed by atoms with Gasteiger partial charge in [0.1, 0.15) is 17.5 Å². The number of hydrogen-bond donors (Lipinski definition) is 1. The molecule has 0 aromatic heterocycles. The number of aliphatic carboxylic acids is 1. The quantitative estimate of drug-likeness (QED) is 0.794. The molecule has 0 saturated heterocycles. The lowest BCUT2D eigenvalue weighted by Crippen LogP contribution is -2.46. The predicted molar refractivity (Wildman–Crippen MR) is 80.1 cm³/mol. The largest absolute Gasteiger partial charge is 0.494 e. The van der Waals surface area contributed by atoms with Crippen molar-refractivity contribution in [3.63, 3.8) is 0 Å². The Morgan fingerprint density at radius 3 is 2.23 bits per heavy atom. The molecule has 1 aliphatic rings. The fourth-order valence-electron chi connectivity index (χ4n) is 2.23. The first-order chi connectivity index (χ1) is 10.5. The zero-order valence-electron chi connectivity index (χ0n) is 12.8. The molecule has 1 aliphatic carbocycles. The van der Waals surface area contributed by atoms with Gasteiger partial charge in [0.15, 0.2) is 6.61 Å². The normalized spacial score (nSPS) is 15.0. The van der Waals surface area contributed by atoms with Crippen LogP contribution >= 0.6 is 0 Å². The van der Waals surface area contributed by atoms with Gasteiger partial charge in [-0.05, 0) is 51.0 Å². The van der Waals surface area contributed by atoms with E-state index < -0.39 is 12.0 Å². The summed E-state index contributed by atoms with van der Waals surface area (Å²) in [6, 6.07) is 6.18. The average molecular weight is 307 g/mol. The van der Waals surface area contributed by atoms with E-state index in [1.807, 2.05) is 6.92 Å². The minimum atomic E-state index is -0.999. The van der Waals surface area contributed by atoms with Crippen molar-refractivity contribution < 1.29 is 24.2 Å².